The molecule has 0 saturated heterocycles. The average molecular weight is 394 g/mol. The van der Waals surface area contributed by atoms with Gasteiger partial charge in [-0.2, -0.15) is 0 Å². The lowest BCUT2D eigenvalue weighted by molar-refractivity contribution is -0.142. The summed E-state index contributed by atoms with van der Waals surface area (Å²) in [4.78, 5) is 40.9. The minimum Gasteiger partial charge on any atom is -0.497 e. The molecule has 0 unspecified atom stereocenters. The number of amides is 3. The van der Waals surface area contributed by atoms with E-state index >= 15 is 0 Å². The van der Waals surface area contributed by atoms with Gasteiger partial charge in [-0.15, -0.1) is 0 Å². The monoisotopic (exact) mass is 394 g/mol. The van der Waals surface area contributed by atoms with Crippen molar-refractivity contribution < 1.29 is 19.1 Å². The van der Waals surface area contributed by atoms with Crippen LogP contribution in [0.15, 0.2) is 48.5 Å². The van der Waals surface area contributed by atoms with E-state index in [4.69, 9.17) is 4.74 Å². The molecular weight excluding hydrogens is 372 g/mol. The van der Waals surface area contributed by atoms with Crippen LogP contribution in [0.2, 0.25) is 0 Å². The number of anilines is 1. The molecule has 0 atom stereocenters. The summed E-state index contributed by atoms with van der Waals surface area (Å²) in [7, 11) is 4.68. The number of nitrogens with zero attached hydrogens (tertiary/aromatic N) is 1. The Balaban J connectivity index is 1.68. The second kappa shape index (κ2) is 8.47. The van der Waals surface area contributed by atoms with Crippen LogP contribution in [0.1, 0.15) is 16.1 Å². The number of aromatic nitrogens is 1. The van der Waals surface area contributed by atoms with Gasteiger partial charge in [0.1, 0.15) is 11.4 Å². The molecule has 8 heteroatoms. The molecule has 3 rings (SSSR count). The van der Waals surface area contributed by atoms with Crippen LogP contribution >= 0.6 is 0 Å². The van der Waals surface area contributed by atoms with Gasteiger partial charge in [0.2, 0.25) is 0 Å². The maximum atomic E-state index is 12.4. The van der Waals surface area contributed by atoms with Gasteiger partial charge in [-0.05, 0) is 42.0 Å². The number of likely N-dealkylation sites (N-methyl/N-ethyl adjacent to an activating group) is 1. The molecule has 0 spiro atoms. The number of ether oxygens (including phenoxy) is 1. The molecule has 0 aliphatic rings. The SMILES string of the molecule is CNC(=O)c1cc2cc(NC(=O)C(=O)N(C)Cc3cccc(OC)c3)ccc2[nH]1. The fraction of sp³-hybridized carbons (Fsp3) is 0.190. The maximum absolute atomic E-state index is 12.4. The zero-order chi connectivity index (χ0) is 21.0. The predicted molar refractivity (Wildman–Crippen MR) is 110 cm³/mol. The molecule has 0 fully saturated rings. The molecule has 1 aromatic heterocycles. The topological polar surface area (TPSA) is 104 Å². The molecule has 0 aliphatic carbocycles. The number of hydrogen-bond acceptors (Lipinski definition) is 4. The molecule has 3 N–H and O–H groups in total. The molecule has 29 heavy (non-hydrogen) atoms. The Morgan fingerprint density at radius 1 is 1.10 bits per heavy atom. The van der Waals surface area contributed by atoms with Crippen molar-refractivity contribution in [3.8, 4) is 5.75 Å². The van der Waals surface area contributed by atoms with Crippen molar-refractivity contribution >= 4 is 34.3 Å². The fourth-order valence-corrected chi connectivity index (χ4v) is 2.94. The molecule has 0 aliphatic heterocycles. The van der Waals surface area contributed by atoms with E-state index in [0.29, 0.717) is 17.1 Å². The van der Waals surface area contributed by atoms with Crippen LogP contribution in [-0.4, -0.2) is 48.8 Å². The van der Waals surface area contributed by atoms with E-state index in [1.54, 1.807) is 45.5 Å². The minimum absolute atomic E-state index is 0.235. The molecular formula is C21H22N4O4. The molecule has 0 radical (unpaired) electrons. The summed E-state index contributed by atoms with van der Waals surface area (Å²) >= 11 is 0. The number of benzene rings is 2. The molecule has 3 amide bonds. The lowest BCUT2D eigenvalue weighted by atomic mass is 10.2. The third-order valence-electron chi connectivity index (χ3n) is 4.45. The van der Waals surface area contributed by atoms with Gasteiger partial charge in [0.25, 0.3) is 5.91 Å². The summed E-state index contributed by atoms with van der Waals surface area (Å²) in [6.07, 6.45) is 0. The Labute approximate surface area is 167 Å². The van der Waals surface area contributed by atoms with Crippen LogP contribution in [0.25, 0.3) is 10.9 Å². The first kappa shape index (κ1) is 19.9. The fourth-order valence-electron chi connectivity index (χ4n) is 2.94. The van der Waals surface area contributed by atoms with Gasteiger partial charge in [-0.1, -0.05) is 12.1 Å². The van der Waals surface area contributed by atoms with Crippen molar-refractivity contribution in [3.63, 3.8) is 0 Å². The number of aromatic amines is 1. The number of carbonyl (C=O) groups is 3. The van der Waals surface area contributed by atoms with Crippen molar-refractivity contribution in [1.29, 1.82) is 0 Å². The molecule has 2 aromatic carbocycles. The highest BCUT2D eigenvalue weighted by atomic mass is 16.5. The highest BCUT2D eigenvalue weighted by Gasteiger charge is 2.19. The van der Waals surface area contributed by atoms with E-state index < -0.39 is 11.8 Å². The summed E-state index contributed by atoms with van der Waals surface area (Å²) < 4.78 is 5.17. The van der Waals surface area contributed by atoms with Crippen molar-refractivity contribution in [3.05, 3.63) is 59.8 Å². The van der Waals surface area contributed by atoms with E-state index in [-0.39, 0.29) is 12.5 Å². The number of fused-ring (bicyclic) bond motifs is 1. The number of H-pyrrole nitrogens is 1. The van der Waals surface area contributed by atoms with Gasteiger partial charge < -0.3 is 25.3 Å². The minimum atomic E-state index is -0.739. The van der Waals surface area contributed by atoms with E-state index in [1.165, 1.54) is 4.90 Å². The lowest BCUT2D eigenvalue weighted by Crippen LogP contribution is -2.36. The van der Waals surface area contributed by atoms with Gasteiger partial charge in [0.15, 0.2) is 0 Å². The van der Waals surface area contributed by atoms with Gasteiger partial charge >= 0.3 is 11.8 Å². The zero-order valence-electron chi connectivity index (χ0n) is 16.4. The third-order valence-corrected chi connectivity index (χ3v) is 4.45. The van der Waals surface area contributed by atoms with E-state index in [2.05, 4.69) is 15.6 Å². The highest BCUT2D eigenvalue weighted by molar-refractivity contribution is 6.39. The van der Waals surface area contributed by atoms with Crippen molar-refractivity contribution in [2.75, 3.05) is 26.5 Å². The van der Waals surface area contributed by atoms with Gasteiger partial charge in [-0.25, -0.2) is 0 Å². The molecule has 8 nitrogen and oxygen atoms in total. The number of rotatable bonds is 5. The van der Waals surface area contributed by atoms with Gasteiger partial charge in [-0.3, -0.25) is 14.4 Å². The second-order valence-corrected chi connectivity index (χ2v) is 6.53. The first-order chi connectivity index (χ1) is 13.9. The number of nitrogens with one attached hydrogen (secondary N) is 3. The first-order valence-corrected chi connectivity index (χ1v) is 8.95. The summed E-state index contributed by atoms with van der Waals surface area (Å²) in [6, 6.07) is 14.1. The number of carbonyl (C=O) groups excluding carboxylic acids is 3. The third kappa shape index (κ3) is 4.55. The van der Waals surface area contributed by atoms with Crippen LogP contribution in [0.5, 0.6) is 5.75 Å². The van der Waals surface area contributed by atoms with Crippen molar-refractivity contribution in [1.82, 2.24) is 15.2 Å². The lowest BCUT2D eigenvalue weighted by Gasteiger charge is -2.17. The maximum Gasteiger partial charge on any atom is 0.313 e. The van der Waals surface area contributed by atoms with E-state index in [0.717, 1.165) is 16.5 Å². The Morgan fingerprint density at radius 2 is 1.90 bits per heavy atom. The molecule has 150 valence electrons. The Hall–Kier alpha value is -3.81. The van der Waals surface area contributed by atoms with E-state index in [9.17, 15) is 14.4 Å². The molecule has 1 heterocycles. The average Bonchev–Trinajstić information content (AvgIpc) is 3.16. The van der Waals surface area contributed by atoms with Crippen molar-refractivity contribution in [2.45, 2.75) is 6.54 Å². The van der Waals surface area contributed by atoms with Crippen LogP contribution in [0.3, 0.4) is 0 Å². The van der Waals surface area contributed by atoms with Gasteiger partial charge in [0, 0.05) is 37.2 Å². The Morgan fingerprint density at radius 3 is 2.62 bits per heavy atom. The Bertz CT molecular complexity index is 1070. The van der Waals surface area contributed by atoms with Crippen LogP contribution < -0.4 is 15.4 Å². The van der Waals surface area contributed by atoms with Crippen LogP contribution in [-0.2, 0) is 16.1 Å². The molecule has 0 saturated carbocycles. The van der Waals surface area contributed by atoms with Gasteiger partial charge in [0.05, 0.1) is 7.11 Å². The second-order valence-electron chi connectivity index (χ2n) is 6.53. The summed E-state index contributed by atoms with van der Waals surface area (Å²) in [5.74, 6) is -0.949. The smallest absolute Gasteiger partial charge is 0.313 e. The molecule has 3 aromatic rings. The van der Waals surface area contributed by atoms with Crippen LogP contribution in [0, 0.1) is 0 Å². The zero-order valence-corrected chi connectivity index (χ0v) is 16.4. The molecule has 0 bridgehead atoms. The first-order valence-electron chi connectivity index (χ1n) is 8.95. The quantitative estimate of drug-likeness (QED) is 0.577. The predicted octanol–water partition coefficient (Wildman–Crippen LogP) is 2.13. The largest absolute Gasteiger partial charge is 0.497 e. The number of hydrogen-bond donors (Lipinski definition) is 3. The van der Waals surface area contributed by atoms with E-state index in [1.807, 2.05) is 24.3 Å². The van der Waals surface area contributed by atoms with Crippen molar-refractivity contribution in [2.24, 2.45) is 0 Å². The summed E-state index contributed by atoms with van der Waals surface area (Å²) in [5, 5.41) is 5.90. The summed E-state index contributed by atoms with van der Waals surface area (Å²) in [5.41, 5.74) is 2.49. The number of methoxy groups -OCH3 is 1. The van der Waals surface area contributed by atoms with Crippen LogP contribution in [0.4, 0.5) is 5.69 Å². The summed E-state index contributed by atoms with van der Waals surface area (Å²) in [6.45, 7) is 0.274. The highest BCUT2D eigenvalue weighted by Crippen LogP contribution is 2.20. The standard InChI is InChI=1S/C21H22N4O4/c1-22-19(26)18-11-14-10-15(7-8-17(14)24-18)23-20(27)21(28)25(2)12-13-5-4-6-16(9-13)29-3/h4-11,24H,12H2,1-3H3,(H,22,26)(H,23,27). The Kier molecular flexibility index (Phi) is 5.82. The normalized spacial score (nSPS) is 10.4.